The summed E-state index contributed by atoms with van der Waals surface area (Å²) in [5, 5.41) is 10.4. The topological polar surface area (TPSA) is 92.5 Å². The molecule has 0 unspecified atom stereocenters. The maximum absolute atomic E-state index is 12.5. The van der Waals surface area contributed by atoms with E-state index in [-0.39, 0.29) is 11.3 Å². The van der Waals surface area contributed by atoms with Gasteiger partial charge in [-0.2, -0.15) is 5.26 Å². The molecule has 0 spiro atoms. The SMILES string of the molecule is COC(=O)C1=C(C(=O)OC)N(c2ccc3ncccc3c2C#N)C=CC=C1. The molecule has 7 heteroatoms. The molecule has 27 heavy (non-hydrogen) atoms. The van der Waals surface area contributed by atoms with Crippen molar-refractivity contribution in [2.75, 3.05) is 19.1 Å². The Balaban J connectivity index is 2.31. The molecule has 1 aliphatic heterocycles. The number of benzene rings is 1. The zero-order valence-electron chi connectivity index (χ0n) is 14.7. The molecule has 3 rings (SSSR count). The molecule has 1 aliphatic rings. The normalized spacial score (nSPS) is 13.3. The third-order valence-electron chi connectivity index (χ3n) is 4.02. The molecular formula is C20H15N3O4. The van der Waals surface area contributed by atoms with Gasteiger partial charge in [-0.05, 0) is 36.4 Å². The van der Waals surface area contributed by atoms with Gasteiger partial charge in [0.05, 0.1) is 36.6 Å². The van der Waals surface area contributed by atoms with Crippen LogP contribution in [0.25, 0.3) is 10.9 Å². The predicted molar refractivity (Wildman–Crippen MR) is 98.3 cm³/mol. The highest BCUT2D eigenvalue weighted by molar-refractivity contribution is 6.06. The summed E-state index contributed by atoms with van der Waals surface area (Å²) in [6, 6.07) is 9.07. The second-order valence-corrected chi connectivity index (χ2v) is 5.46. The first kappa shape index (κ1) is 17.9. The lowest BCUT2D eigenvalue weighted by Gasteiger charge is -2.24. The molecule has 1 aromatic heterocycles. The molecule has 0 radical (unpaired) electrons. The summed E-state index contributed by atoms with van der Waals surface area (Å²) in [5.41, 5.74) is 1.35. The van der Waals surface area contributed by atoms with E-state index in [0.717, 1.165) is 0 Å². The van der Waals surface area contributed by atoms with E-state index in [4.69, 9.17) is 9.47 Å². The summed E-state index contributed by atoms with van der Waals surface area (Å²) in [5.74, 6) is -1.43. The number of allylic oxidation sites excluding steroid dienone is 2. The van der Waals surface area contributed by atoms with Crippen LogP contribution >= 0.6 is 0 Å². The fourth-order valence-electron chi connectivity index (χ4n) is 2.81. The minimum absolute atomic E-state index is 0.0181. The van der Waals surface area contributed by atoms with Crippen molar-refractivity contribution < 1.29 is 19.1 Å². The van der Waals surface area contributed by atoms with Gasteiger partial charge < -0.3 is 14.4 Å². The van der Waals surface area contributed by atoms with E-state index < -0.39 is 11.9 Å². The predicted octanol–water partition coefficient (Wildman–Crippen LogP) is 2.60. The number of aromatic nitrogens is 1. The molecule has 0 saturated heterocycles. The highest BCUT2D eigenvalue weighted by Crippen LogP contribution is 2.32. The maximum Gasteiger partial charge on any atom is 0.355 e. The molecule has 134 valence electrons. The third-order valence-corrected chi connectivity index (χ3v) is 4.02. The molecule has 7 nitrogen and oxygen atoms in total. The summed E-state index contributed by atoms with van der Waals surface area (Å²) in [6.07, 6.45) is 7.92. The summed E-state index contributed by atoms with van der Waals surface area (Å²) >= 11 is 0. The summed E-state index contributed by atoms with van der Waals surface area (Å²) in [4.78, 5) is 30.4. The number of hydrogen-bond acceptors (Lipinski definition) is 7. The number of nitrogens with zero attached hydrogens (tertiary/aromatic N) is 3. The van der Waals surface area contributed by atoms with Gasteiger partial charge >= 0.3 is 11.9 Å². The van der Waals surface area contributed by atoms with Gasteiger partial charge in [-0.25, -0.2) is 9.59 Å². The molecular weight excluding hydrogens is 346 g/mol. The van der Waals surface area contributed by atoms with Crippen molar-refractivity contribution in [3.05, 3.63) is 71.7 Å². The lowest BCUT2D eigenvalue weighted by atomic mass is 10.0. The van der Waals surface area contributed by atoms with Crippen LogP contribution in [0, 0.1) is 11.3 Å². The van der Waals surface area contributed by atoms with Gasteiger partial charge in [0.25, 0.3) is 0 Å². The van der Waals surface area contributed by atoms with Crippen LogP contribution in [0.5, 0.6) is 0 Å². The third kappa shape index (κ3) is 3.16. The van der Waals surface area contributed by atoms with Crippen LogP contribution in [0.4, 0.5) is 5.69 Å². The molecule has 0 bridgehead atoms. The molecule has 1 aromatic carbocycles. The van der Waals surface area contributed by atoms with Crippen molar-refractivity contribution in [2.24, 2.45) is 0 Å². The van der Waals surface area contributed by atoms with Crippen LogP contribution < -0.4 is 4.90 Å². The molecule has 0 saturated carbocycles. The number of ether oxygens (including phenoxy) is 2. The van der Waals surface area contributed by atoms with Crippen LogP contribution in [0.2, 0.25) is 0 Å². The zero-order valence-corrected chi connectivity index (χ0v) is 14.7. The number of fused-ring (bicyclic) bond motifs is 1. The second-order valence-electron chi connectivity index (χ2n) is 5.46. The monoisotopic (exact) mass is 361 g/mol. The first-order chi connectivity index (χ1) is 13.1. The van der Waals surface area contributed by atoms with Gasteiger partial charge in [-0.1, -0.05) is 6.08 Å². The molecule has 0 aliphatic carbocycles. The largest absolute Gasteiger partial charge is 0.465 e. The Kier molecular flexibility index (Phi) is 4.99. The number of rotatable bonds is 3. The fourth-order valence-corrected chi connectivity index (χ4v) is 2.81. The van der Waals surface area contributed by atoms with Crippen molar-refractivity contribution in [3.8, 4) is 6.07 Å². The highest BCUT2D eigenvalue weighted by Gasteiger charge is 2.29. The first-order valence-corrected chi connectivity index (χ1v) is 7.95. The number of methoxy groups -OCH3 is 2. The molecule has 0 N–H and O–H groups in total. The van der Waals surface area contributed by atoms with Crippen LogP contribution in [-0.2, 0) is 19.1 Å². The molecule has 0 atom stereocenters. The number of anilines is 1. The quantitative estimate of drug-likeness (QED) is 0.776. The van der Waals surface area contributed by atoms with Gasteiger partial charge in [0.15, 0.2) is 0 Å². The Hall–Kier alpha value is -3.92. The van der Waals surface area contributed by atoms with E-state index in [0.29, 0.717) is 22.2 Å². The fraction of sp³-hybridized carbons (Fsp3) is 0.100. The minimum Gasteiger partial charge on any atom is -0.465 e. The van der Waals surface area contributed by atoms with Crippen molar-refractivity contribution in [1.29, 1.82) is 5.26 Å². The average molecular weight is 361 g/mol. The van der Waals surface area contributed by atoms with E-state index in [1.807, 2.05) is 0 Å². The Labute approximate surface area is 155 Å². The van der Waals surface area contributed by atoms with Crippen molar-refractivity contribution in [2.45, 2.75) is 0 Å². The van der Waals surface area contributed by atoms with Crippen molar-refractivity contribution in [1.82, 2.24) is 4.98 Å². The Morgan fingerprint density at radius 1 is 1.11 bits per heavy atom. The Bertz CT molecular complexity index is 1060. The number of esters is 2. The Morgan fingerprint density at radius 3 is 2.59 bits per heavy atom. The van der Waals surface area contributed by atoms with Gasteiger partial charge in [-0.15, -0.1) is 0 Å². The average Bonchev–Trinajstić information content (AvgIpc) is 2.94. The summed E-state index contributed by atoms with van der Waals surface area (Å²) in [6.45, 7) is 0. The number of hydrogen-bond donors (Lipinski definition) is 0. The Morgan fingerprint density at radius 2 is 1.89 bits per heavy atom. The highest BCUT2D eigenvalue weighted by atomic mass is 16.5. The minimum atomic E-state index is -0.734. The molecule has 2 heterocycles. The van der Waals surface area contributed by atoms with Gasteiger partial charge in [-0.3, -0.25) is 4.98 Å². The van der Waals surface area contributed by atoms with E-state index in [1.54, 1.807) is 48.8 Å². The number of pyridine rings is 1. The summed E-state index contributed by atoms with van der Waals surface area (Å²) in [7, 11) is 2.44. The lowest BCUT2D eigenvalue weighted by molar-refractivity contribution is -0.139. The molecule has 0 amide bonds. The molecule has 2 aromatic rings. The van der Waals surface area contributed by atoms with E-state index in [2.05, 4.69) is 11.1 Å². The second kappa shape index (κ2) is 7.54. The summed E-state index contributed by atoms with van der Waals surface area (Å²) < 4.78 is 9.67. The zero-order chi connectivity index (χ0) is 19.4. The number of carbonyl (C=O) groups is 2. The maximum atomic E-state index is 12.5. The van der Waals surface area contributed by atoms with Gasteiger partial charge in [0.1, 0.15) is 11.8 Å². The standard InChI is InChI=1S/C20H15N3O4/c1-26-19(24)14-6-3-4-11-23(18(14)20(25)27-2)17-9-8-16-13(15(17)12-21)7-5-10-22-16/h3-11H,1-2H3. The van der Waals surface area contributed by atoms with E-state index in [9.17, 15) is 14.9 Å². The van der Waals surface area contributed by atoms with Gasteiger partial charge in [0.2, 0.25) is 0 Å². The van der Waals surface area contributed by atoms with Crippen LogP contribution in [0.1, 0.15) is 5.56 Å². The van der Waals surface area contributed by atoms with Crippen molar-refractivity contribution in [3.63, 3.8) is 0 Å². The smallest absolute Gasteiger partial charge is 0.355 e. The molecule has 0 fully saturated rings. The van der Waals surface area contributed by atoms with Crippen LogP contribution in [0.15, 0.2) is 66.2 Å². The van der Waals surface area contributed by atoms with Gasteiger partial charge in [0, 0.05) is 17.8 Å². The lowest BCUT2D eigenvalue weighted by Crippen LogP contribution is -2.27. The van der Waals surface area contributed by atoms with E-state index in [1.165, 1.54) is 25.2 Å². The van der Waals surface area contributed by atoms with Crippen LogP contribution in [-0.4, -0.2) is 31.1 Å². The van der Waals surface area contributed by atoms with Crippen LogP contribution in [0.3, 0.4) is 0 Å². The number of nitriles is 1. The van der Waals surface area contributed by atoms with Crippen molar-refractivity contribution >= 4 is 28.5 Å². The van der Waals surface area contributed by atoms with E-state index >= 15 is 0 Å². The first-order valence-electron chi connectivity index (χ1n) is 7.95. The number of carbonyl (C=O) groups excluding carboxylic acids is 2.